The van der Waals surface area contributed by atoms with Gasteiger partial charge in [-0.1, -0.05) is 182 Å². The van der Waals surface area contributed by atoms with E-state index in [9.17, 15) is 10.5 Å². The Hall–Kier alpha value is -5.96. The van der Waals surface area contributed by atoms with Gasteiger partial charge < -0.3 is 0 Å². The van der Waals surface area contributed by atoms with E-state index in [0.717, 1.165) is 11.1 Å². The van der Waals surface area contributed by atoms with Crippen molar-refractivity contribution in [1.29, 1.82) is 10.5 Å². The maximum absolute atomic E-state index is 9.36. The Morgan fingerprint density at radius 3 is 0.976 bits per heavy atom. The van der Waals surface area contributed by atoms with Crippen LogP contribution in [0.3, 0.4) is 0 Å². The van der Waals surface area contributed by atoms with Crippen molar-refractivity contribution in [2.75, 3.05) is 0 Å². The maximum atomic E-state index is 9.36. The zero-order chi connectivity index (χ0) is 29.8. The Morgan fingerprint density at radius 2 is 0.667 bits per heavy atom. The second-order valence-corrected chi connectivity index (χ2v) is 8.42. The van der Waals surface area contributed by atoms with Crippen LogP contribution in [0.2, 0.25) is 0 Å². The van der Waals surface area contributed by atoms with E-state index in [2.05, 4.69) is 36.4 Å². The zero-order valence-corrected chi connectivity index (χ0v) is 23.5. The van der Waals surface area contributed by atoms with Crippen LogP contribution in [-0.4, -0.2) is 0 Å². The van der Waals surface area contributed by atoms with Gasteiger partial charge in [0.25, 0.3) is 0 Å². The van der Waals surface area contributed by atoms with Gasteiger partial charge in [-0.2, -0.15) is 10.5 Å². The van der Waals surface area contributed by atoms with Crippen LogP contribution < -0.4 is 0 Å². The molecule has 0 saturated heterocycles. The largest absolute Gasteiger partial charge is 0.192 e. The lowest BCUT2D eigenvalue weighted by atomic mass is 10.2. The number of hydrogen-bond acceptors (Lipinski definition) is 2. The van der Waals surface area contributed by atoms with Gasteiger partial charge in [-0.3, -0.25) is 0 Å². The van der Waals surface area contributed by atoms with Crippen LogP contribution in [0.15, 0.2) is 205 Å². The van der Waals surface area contributed by atoms with Crippen molar-refractivity contribution in [3.8, 4) is 12.1 Å². The number of nitriles is 2. The summed E-state index contributed by atoms with van der Waals surface area (Å²) in [5, 5.41) is 18.7. The Bertz CT molecular complexity index is 1430. The topological polar surface area (TPSA) is 47.6 Å². The van der Waals surface area contributed by atoms with Gasteiger partial charge in [0, 0.05) is 0 Å². The van der Waals surface area contributed by atoms with Crippen LogP contribution >= 0.6 is 0 Å². The van der Waals surface area contributed by atoms with Crippen molar-refractivity contribution in [1.82, 2.24) is 0 Å². The molecule has 0 bridgehead atoms. The van der Waals surface area contributed by atoms with E-state index in [4.69, 9.17) is 0 Å². The van der Waals surface area contributed by atoms with Crippen molar-refractivity contribution < 1.29 is 0 Å². The molecule has 0 aromatic heterocycles. The fourth-order valence-electron chi connectivity index (χ4n) is 3.12. The molecule has 0 fully saturated rings. The fraction of sp³-hybridized carbons (Fsp3) is 0. The van der Waals surface area contributed by atoms with Gasteiger partial charge >= 0.3 is 0 Å². The van der Waals surface area contributed by atoms with Crippen LogP contribution in [0, 0.1) is 22.7 Å². The first-order valence-electron chi connectivity index (χ1n) is 13.5. The van der Waals surface area contributed by atoms with Crippen LogP contribution in [0.5, 0.6) is 0 Å². The number of rotatable bonds is 14. The molecular formula is C40H34N2. The van der Waals surface area contributed by atoms with E-state index in [1.807, 2.05) is 146 Å². The van der Waals surface area contributed by atoms with Crippen molar-refractivity contribution in [3.05, 3.63) is 217 Å². The average Bonchev–Trinajstić information content (AvgIpc) is 3.03. The highest BCUT2D eigenvalue weighted by Gasteiger charge is 1.89. The van der Waals surface area contributed by atoms with Gasteiger partial charge in [-0.05, 0) is 35.4 Å². The Morgan fingerprint density at radius 1 is 0.381 bits per heavy atom. The lowest BCUT2D eigenvalue weighted by Crippen LogP contribution is -1.74. The molecule has 0 atom stereocenters. The minimum Gasteiger partial charge on any atom is -0.192 e. The van der Waals surface area contributed by atoms with Crippen molar-refractivity contribution >= 4 is 12.2 Å². The van der Waals surface area contributed by atoms with Crippen LogP contribution in [0.25, 0.3) is 12.2 Å². The summed E-state index contributed by atoms with van der Waals surface area (Å²) in [6.45, 7) is 0. The number of nitrogens with zero attached hydrogens (tertiary/aromatic N) is 2. The summed E-state index contributed by atoms with van der Waals surface area (Å²) in [6, 6.07) is 24.5. The summed E-state index contributed by atoms with van der Waals surface area (Å²) in [7, 11) is 0. The van der Waals surface area contributed by atoms with E-state index in [1.165, 1.54) is 0 Å². The SMILES string of the molecule is N#CC(=C\C=C\C=C\C=C\C=C\C=C\c1ccccc1)/C=C/C(C#N)=C/C=C/C=C/C=C/C=C/C=C/c1ccccc1. The highest BCUT2D eigenvalue weighted by Crippen LogP contribution is 2.03. The molecule has 0 aliphatic heterocycles. The quantitative estimate of drug-likeness (QED) is 0.176. The molecule has 0 spiro atoms. The lowest BCUT2D eigenvalue weighted by Gasteiger charge is -1.87. The minimum absolute atomic E-state index is 0.449. The van der Waals surface area contributed by atoms with Crippen molar-refractivity contribution in [2.45, 2.75) is 0 Å². The lowest BCUT2D eigenvalue weighted by molar-refractivity contribution is 1.48. The van der Waals surface area contributed by atoms with Gasteiger partial charge in [0.15, 0.2) is 0 Å². The second-order valence-electron chi connectivity index (χ2n) is 8.42. The predicted molar refractivity (Wildman–Crippen MR) is 181 cm³/mol. The Labute approximate surface area is 251 Å². The Kier molecular flexibility index (Phi) is 17.6. The molecule has 2 aromatic carbocycles. The third kappa shape index (κ3) is 16.8. The van der Waals surface area contributed by atoms with Crippen molar-refractivity contribution in [3.63, 3.8) is 0 Å². The summed E-state index contributed by atoms with van der Waals surface area (Å²) in [6.07, 6.45) is 45.2. The summed E-state index contributed by atoms with van der Waals surface area (Å²) < 4.78 is 0. The summed E-state index contributed by atoms with van der Waals surface area (Å²) >= 11 is 0. The molecular weight excluding hydrogens is 508 g/mol. The Balaban J connectivity index is 1.74. The van der Waals surface area contributed by atoms with Gasteiger partial charge in [0.2, 0.25) is 0 Å². The molecule has 0 unspecified atom stereocenters. The molecule has 2 heteroatoms. The van der Waals surface area contributed by atoms with Gasteiger partial charge in [0.05, 0.1) is 23.3 Å². The first kappa shape index (κ1) is 32.3. The number of hydrogen-bond donors (Lipinski definition) is 0. The molecule has 2 aromatic rings. The summed E-state index contributed by atoms with van der Waals surface area (Å²) in [5.74, 6) is 0. The normalized spacial score (nSPS) is 13.9. The highest BCUT2D eigenvalue weighted by molar-refractivity contribution is 5.51. The molecule has 0 aliphatic carbocycles. The van der Waals surface area contributed by atoms with Gasteiger partial charge in [-0.25, -0.2) is 0 Å². The molecule has 0 heterocycles. The smallest absolute Gasteiger partial charge is 0.0991 e. The summed E-state index contributed by atoms with van der Waals surface area (Å²) in [4.78, 5) is 0. The standard InChI is InChI=1S/C40H34N2/c41-35-39(31-19-13-9-5-1-3-7-11-17-25-37-27-21-15-22-28-37)33-34-40(36-42)32-20-14-10-6-2-4-8-12-18-26-38-29-23-16-24-30-38/h1-34H/b3-1+,4-2+,9-5+,10-6+,11-7+,12-8+,19-13+,20-14+,25-17+,26-18+,34-33+,39-31-,40-32-. The molecule has 2 nitrogen and oxygen atoms in total. The van der Waals surface area contributed by atoms with E-state index >= 15 is 0 Å². The molecule has 42 heavy (non-hydrogen) atoms. The third-order valence-corrected chi connectivity index (χ3v) is 5.21. The van der Waals surface area contributed by atoms with E-state index in [0.29, 0.717) is 11.1 Å². The second kappa shape index (κ2) is 23.0. The molecule has 0 saturated carbocycles. The maximum Gasteiger partial charge on any atom is 0.0991 e. The van der Waals surface area contributed by atoms with E-state index < -0.39 is 0 Å². The molecule has 2 rings (SSSR count). The molecule has 0 radical (unpaired) electrons. The molecule has 0 amide bonds. The highest BCUT2D eigenvalue weighted by atomic mass is 14.2. The monoisotopic (exact) mass is 542 g/mol. The number of benzene rings is 2. The van der Waals surface area contributed by atoms with E-state index in [1.54, 1.807) is 36.5 Å². The van der Waals surface area contributed by atoms with Gasteiger partial charge in [-0.15, -0.1) is 0 Å². The minimum atomic E-state index is 0.449. The zero-order valence-electron chi connectivity index (χ0n) is 23.5. The molecule has 0 aliphatic rings. The first-order valence-corrected chi connectivity index (χ1v) is 13.5. The predicted octanol–water partition coefficient (Wildman–Crippen LogP) is 10.3. The summed E-state index contributed by atoms with van der Waals surface area (Å²) in [5.41, 5.74) is 3.23. The third-order valence-electron chi connectivity index (χ3n) is 5.21. The van der Waals surface area contributed by atoms with E-state index in [-0.39, 0.29) is 0 Å². The van der Waals surface area contributed by atoms with Crippen LogP contribution in [0.4, 0.5) is 0 Å². The molecule has 0 N–H and O–H groups in total. The van der Waals surface area contributed by atoms with Crippen molar-refractivity contribution in [2.24, 2.45) is 0 Å². The number of allylic oxidation sites excluding steroid dienone is 24. The van der Waals surface area contributed by atoms with Crippen LogP contribution in [0.1, 0.15) is 11.1 Å². The van der Waals surface area contributed by atoms with Gasteiger partial charge in [0.1, 0.15) is 0 Å². The average molecular weight is 543 g/mol. The fourth-order valence-corrected chi connectivity index (χ4v) is 3.12. The van der Waals surface area contributed by atoms with Crippen LogP contribution in [-0.2, 0) is 0 Å². The first-order chi connectivity index (χ1) is 20.8. The molecule has 204 valence electrons.